The average Bonchev–Trinajstić information content (AvgIpc) is 3.29. The van der Waals surface area contributed by atoms with Crippen molar-refractivity contribution in [3.63, 3.8) is 0 Å². The molecule has 6 aromatic rings. The molecule has 3 heteroatoms. The van der Waals surface area contributed by atoms with Gasteiger partial charge in [-0.15, -0.1) is 0 Å². The van der Waals surface area contributed by atoms with Crippen molar-refractivity contribution in [2.75, 3.05) is 0 Å². The van der Waals surface area contributed by atoms with E-state index in [1.54, 1.807) is 0 Å². The molecule has 0 unspecified atom stereocenters. The Hall–Kier alpha value is -4.76. The highest BCUT2D eigenvalue weighted by atomic mass is 16.1. The van der Waals surface area contributed by atoms with Gasteiger partial charge in [-0.25, -0.2) is 0 Å². The van der Waals surface area contributed by atoms with Gasteiger partial charge in [-0.2, -0.15) is 0 Å². The summed E-state index contributed by atoms with van der Waals surface area (Å²) < 4.78 is 1.96. The van der Waals surface area contributed by atoms with Gasteiger partial charge in [0, 0.05) is 16.7 Å². The maximum absolute atomic E-state index is 14.1. The smallest absolute Gasteiger partial charge is 0.210 e. The maximum Gasteiger partial charge on any atom is 0.210 e. The lowest BCUT2D eigenvalue weighted by atomic mass is 9.92. The van der Waals surface area contributed by atoms with Gasteiger partial charge in [-0.3, -0.25) is 9.59 Å². The van der Waals surface area contributed by atoms with Crippen LogP contribution in [0.3, 0.4) is 0 Å². The van der Waals surface area contributed by atoms with E-state index in [1.165, 1.54) is 0 Å². The molecule has 166 valence electrons. The van der Waals surface area contributed by atoms with Gasteiger partial charge in [0.15, 0.2) is 5.78 Å². The molecule has 0 fully saturated rings. The van der Waals surface area contributed by atoms with Crippen LogP contribution in [0.15, 0.2) is 127 Å². The largest absolute Gasteiger partial charge is 0.305 e. The third-order valence-electron chi connectivity index (χ3n) is 6.38. The van der Waals surface area contributed by atoms with Crippen LogP contribution in [-0.4, -0.2) is 16.0 Å². The minimum absolute atomic E-state index is 0.107. The number of ketones is 2. The number of fused-ring (bicyclic) bond motifs is 3. The molecular weight excluding hydrogens is 430 g/mol. The molecule has 0 atom stereocenters. The van der Waals surface area contributed by atoms with Crippen molar-refractivity contribution in [2.24, 2.45) is 0 Å². The lowest BCUT2D eigenvalue weighted by molar-refractivity contribution is 0.103. The second-order valence-electron chi connectivity index (χ2n) is 8.47. The summed E-state index contributed by atoms with van der Waals surface area (Å²) in [4.78, 5) is 28.2. The van der Waals surface area contributed by atoms with Crippen molar-refractivity contribution in [1.82, 2.24) is 4.40 Å². The molecular formula is C32H21NO2. The molecule has 0 saturated carbocycles. The lowest BCUT2D eigenvalue weighted by Crippen LogP contribution is -2.08. The monoisotopic (exact) mass is 451 g/mol. The first kappa shape index (κ1) is 20.8. The first-order valence-corrected chi connectivity index (χ1v) is 11.5. The Kier molecular flexibility index (Phi) is 5.08. The van der Waals surface area contributed by atoms with Crippen molar-refractivity contribution >= 4 is 28.0 Å². The van der Waals surface area contributed by atoms with Crippen LogP contribution >= 0.6 is 0 Å². The lowest BCUT2D eigenvalue weighted by Gasteiger charge is -2.09. The van der Waals surface area contributed by atoms with Crippen LogP contribution in [0.4, 0.5) is 0 Å². The molecule has 0 N–H and O–H groups in total. The van der Waals surface area contributed by atoms with Gasteiger partial charge >= 0.3 is 0 Å². The molecule has 0 saturated heterocycles. The number of benzene rings is 4. The quantitative estimate of drug-likeness (QED) is 0.260. The topological polar surface area (TPSA) is 38.5 Å². The number of hydrogen-bond donors (Lipinski definition) is 0. The molecule has 0 aliphatic carbocycles. The van der Waals surface area contributed by atoms with Crippen LogP contribution in [0.5, 0.6) is 0 Å². The van der Waals surface area contributed by atoms with E-state index in [0.717, 1.165) is 22.0 Å². The van der Waals surface area contributed by atoms with Crippen LogP contribution in [0, 0.1) is 0 Å². The second-order valence-corrected chi connectivity index (χ2v) is 8.47. The molecule has 0 bridgehead atoms. The highest BCUT2D eigenvalue weighted by Crippen LogP contribution is 2.38. The van der Waals surface area contributed by atoms with E-state index in [4.69, 9.17) is 0 Å². The Labute approximate surface area is 202 Å². The third-order valence-corrected chi connectivity index (χ3v) is 6.38. The van der Waals surface area contributed by atoms with Crippen molar-refractivity contribution in [2.45, 2.75) is 0 Å². The molecule has 3 nitrogen and oxygen atoms in total. The molecule has 0 aliphatic rings. The minimum atomic E-state index is -0.122. The number of carbonyl (C=O) groups is 2. The van der Waals surface area contributed by atoms with Crippen LogP contribution in [0.1, 0.15) is 32.0 Å². The van der Waals surface area contributed by atoms with Crippen LogP contribution in [-0.2, 0) is 0 Å². The zero-order valence-corrected chi connectivity index (χ0v) is 18.9. The van der Waals surface area contributed by atoms with Crippen LogP contribution in [0.25, 0.3) is 27.5 Å². The number of aromatic nitrogens is 1. The Morgan fingerprint density at radius 1 is 0.486 bits per heavy atom. The van der Waals surface area contributed by atoms with Crippen molar-refractivity contribution < 1.29 is 9.59 Å². The highest BCUT2D eigenvalue weighted by Gasteiger charge is 2.30. The third kappa shape index (κ3) is 3.46. The molecule has 0 aliphatic heterocycles. The standard InChI is InChI=1S/C32H21NO2/c34-31(24-15-6-2-7-16-24)29-27-21-20-22-12-10-11-19-26(22)33(27)30(28(29)23-13-4-1-5-14-23)32(35)25-17-8-3-9-18-25/h1-21H. The van der Waals surface area contributed by atoms with Gasteiger partial charge in [0.25, 0.3) is 0 Å². The molecule has 0 amide bonds. The maximum atomic E-state index is 14.1. The zero-order valence-electron chi connectivity index (χ0n) is 18.9. The van der Waals surface area contributed by atoms with Crippen molar-refractivity contribution in [1.29, 1.82) is 0 Å². The summed E-state index contributed by atoms with van der Waals surface area (Å²) in [7, 11) is 0. The molecule has 4 aromatic carbocycles. The average molecular weight is 452 g/mol. The van der Waals surface area contributed by atoms with Gasteiger partial charge in [-0.1, -0.05) is 115 Å². The summed E-state index contributed by atoms with van der Waals surface area (Å²) in [5, 5.41) is 0.996. The van der Waals surface area contributed by atoms with Gasteiger partial charge < -0.3 is 4.40 Å². The highest BCUT2D eigenvalue weighted by molar-refractivity contribution is 6.23. The van der Waals surface area contributed by atoms with E-state index >= 15 is 0 Å². The van der Waals surface area contributed by atoms with Crippen LogP contribution in [0.2, 0.25) is 0 Å². The Morgan fingerprint density at radius 3 is 1.69 bits per heavy atom. The number of carbonyl (C=O) groups excluding carboxylic acids is 2. The summed E-state index contributed by atoms with van der Waals surface area (Å²) in [6.07, 6.45) is 0. The number of nitrogens with zero attached hydrogens (tertiary/aromatic N) is 1. The summed E-state index contributed by atoms with van der Waals surface area (Å²) >= 11 is 0. The van der Waals surface area contributed by atoms with E-state index in [-0.39, 0.29) is 11.6 Å². The fraction of sp³-hybridized carbons (Fsp3) is 0. The number of para-hydroxylation sites is 1. The Morgan fingerprint density at radius 2 is 1.03 bits per heavy atom. The van der Waals surface area contributed by atoms with Crippen molar-refractivity contribution in [3.8, 4) is 11.1 Å². The molecule has 2 heterocycles. The van der Waals surface area contributed by atoms with Gasteiger partial charge in [-0.05, 0) is 23.1 Å². The first-order chi connectivity index (χ1) is 17.2. The fourth-order valence-corrected chi connectivity index (χ4v) is 4.79. The first-order valence-electron chi connectivity index (χ1n) is 11.5. The van der Waals surface area contributed by atoms with Gasteiger partial charge in [0.2, 0.25) is 5.78 Å². The molecule has 2 aromatic heterocycles. The summed E-state index contributed by atoms with van der Waals surface area (Å²) in [5.41, 5.74) is 5.29. The van der Waals surface area contributed by atoms with Gasteiger partial charge in [0.05, 0.1) is 16.6 Å². The Balaban J connectivity index is 1.80. The number of hydrogen-bond acceptors (Lipinski definition) is 2. The van der Waals surface area contributed by atoms with E-state index in [9.17, 15) is 9.59 Å². The van der Waals surface area contributed by atoms with Crippen molar-refractivity contribution in [3.05, 3.63) is 150 Å². The zero-order chi connectivity index (χ0) is 23.8. The molecule has 0 spiro atoms. The van der Waals surface area contributed by atoms with E-state index in [0.29, 0.717) is 27.9 Å². The minimum Gasteiger partial charge on any atom is -0.305 e. The van der Waals surface area contributed by atoms with E-state index in [2.05, 4.69) is 0 Å². The SMILES string of the molecule is O=C(c1ccccc1)c1c(-c2ccccc2)c(C(=O)c2ccccc2)n2c1ccc1ccccc12. The van der Waals surface area contributed by atoms with E-state index in [1.807, 2.05) is 132 Å². The molecule has 6 rings (SSSR count). The fourth-order valence-electron chi connectivity index (χ4n) is 4.79. The second kappa shape index (κ2) is 8.54. The Bertz CT molecular complexity index is 1700. The predicted molar refractivity (Wildman–Crippen MR) is 140 cm³/mol. The molecule has 35 heavy (non-hydrogen) atoms. The van der Waals surface area contributed by atoms with Crippen LogP contribution < -0.4 is 0 Å². The summed E-state index contributed by atoms with van der Waals surface area (Å²) in [6.45, 7) is 0. The number of pyridine rings is 1. The normalized spacial score (nSPS) is 11.1. The van der Waals surface area contributed by atoms with E-state index < -0.39 is 0 Å². The predicted octanol–water partition coefficient (Wildman–Crippen LogP) is 7.22. The van der Waals surface area contributed by atoms with Gasteiger partial charge in [0.1, 0.15) is 5.69 Å². The summed E-state index contributed by atoms with van der Waals surface area (Å²) in [5.74, 6) is -0.229. The number of rotatable bonds is 5. The summed E-state index contributed by atoms with van der Waals surface area (Å²) in [6, 6.07) is 40.1. The molecule has 0 radical (unpaired) electrons.